The van der Waals surface area contributed by atoms with Crippen LogP contribution in [0.15, 0.2) is 0 Å². The molecule has 5 heteroatoms. The van der Waals surface area contributed by atoms with Gasteiger partial charge in [-0.1, -0.05) is 6.92 Å². The second-order valence-corrected chi connectivity index (χ2v) is 6.19. The predicted molar refractivity (Wildman–Crippen MR) is 65.0 cm³/mol. The second kappa shape index (κ2) is 8.07. The normalized spacial score (nSPS) is 12.3. The molecule has 1 N–H and O–H groups in total. The van der Waals surface area contributed by atoms with Crippen molar-refractivity contribution in [3.05, 3.63) is 0 Å². The second-order valence-electron chi connectivity index (χ2n) is 3.93. The molecule has 0 bridgehead atoms. The SMILES string of the molecule is CCCN(CCCS(C)(=O)=O)CCNC. The highest BCUT2D eigenvalue weighted by Crippen LogP contribution is 1.96. The van der Waals surface area contributed by atoms with Crippen molar-refractivity contribution in [2.24, 2.45) is 0 Å². The molecule has 0 aliphatic carbocycles. The van der Waals surface area contributed by atoms with E-state index in [1.54, 1.807) is 0 Å². The third kappa shape index (κ3) is 10.2. The number of hydrogen-bond donors (Lipinski definition) is 1. The van der Waals surface area contributed by atoms with Crippen molar-refractivity contribution >= 4 is 9.84 Å². The lowest BCUT2D eigenvalue weighted by atomic mass is 10.3. The van der Waals surface area contributed by atoms with Gasteiger partial charge in [-0.05, 0) is 33.0 Å². The third-order valence-electron chi connectivity index (χ3n) is 2.21. The molecule has 0 saturated carbocycles. The van der Waals surface area contributed by atoms with E-state index in [9.17, 15) is 8.42 Å². The van der Waals surface area contributed by atoms with Crippen molar-refractivity contribution in [3.63, 3.8) is 0 Å². The summed E-state index contributed by atoms with van der Waals surface area (Å²) in [6.45, 7) is 6.02. The van der Waals surface area contributed by atoms with Gasteiger partial charge < -0.3 is 10.2 Å². The zero-order chi connectivity index (χ0) is 11.7. The maximum atomic E-state index is 11.0. The van der Waals surface area contributed by atoms with Gasteiger partial charge in [-0.2, -0.15) is 0 Å². The van der Waals surface area contributed by atoms with E-state index in [0.29, 0.717) is 5.75 Å². The maximum Gasteiger partial charge on any atom is 0.147 e. The van der Waals surface area contributed by atoms with Gasteiger partial charge in [0.25, 0.3) is 0 Å². The summed E-state index contributed by atoms with van der Waals surface area (Å²) < 4.78 is 21.9. The van der Waals surface area contributed by atoms with Gasteiger partial charge in [-0.25, -0.2) is 8.42 Å². The summed E-state index contributed by atoms with van der Waals surface area (Å²) in [7, 11) is -0.866. The third-order valence-corrected chi connectivity index (χ3v) is 3.24. The van der Waals surface area contributed by atoms with Gasteiger partial charge in [0.1, 0.15) is 9.84 Å². The monoisotopic (exact) mass is 236 g/mol. The lowest BCUT2D eigenvalue weighted by molar-refractivity contribution is 0.277. The minimum atomic E-state index is -2.80. The predicted octanol–water partition coefficient (Wildman–Crippen LogP) is 0.353. The van der Waals surface area contributed by atoms with Gasteiger partial charge in [0.05, 0.1) is 5.75 Å². The molecule has 0 fully saturated rings. The van der Waals surface area contributed by atoms with Crippen molar-refractivity contribution in [2.45, 2.75) is 19.8 Å². The Morgan fingerprint density at radius 2 is 1.87 bits per heavy atom. The standard InChI is InChI=1S/C10H24N2O2S/c1-4-7-12(9-6-11-2)8-5-10-15(3,13)14/h11H,4-10H2,1-3H3. The van der Waals surface area contributed by atoms with Crippen LogP contribution in [0.3, 0.4) is 0 Å². The molecular formula is C10H24N2O2S. The van der Waals surface area contributed by atoms with Gasteiger partial charge >= 0.3 is 0 Å². The zero-order valence-electron chi connectivity index (χ0n) is 10.1. The zero-order valence-corrected chi connectivity index (χ0v) is 10.9. The van der Waals surface area contributed by atoms with Crippen molar-refractivity contribution in [1.82, 2.24) is 10.2 Å². The number of rotatable bonds is 9. The molecule has 4 nitrogen and oxygen atoms in total. The summed E-state index contributed by atoms with van der Waals surface area (Å²) in [5.41, 5.74) is 0. The van der Waals surface area contributed by atoms with E-state index in [1.807, 2.05) is 7.05 Å². The molecule has 0 aliphatic rings. The first-order valence-corrected chi connectivity index (χ1v) is 7.60. The van der Waals surface area contributed by atoms with Crippen LogP contribution in [0.4, 0.5) is 0 Å². The molecule has 0 spiro atoms. The average Bonchev–Trinajstić information content (AvgIpc) is 2.12. The van der Waals surface area contributed by atoms with Crippen LogP contribution in [0.2, 0.25) is 0 Å². The van der Waals surface area contributed by atoms with E-state index in [0.717, 1.165) is 39.0 Å². The number of nitrogens with zero attached hydrogens (tertiary/aromatic N) is 1. The summed E-state index contributed by atoms with van der Waals surface area (Å²) in [4.78, 5) is 2.31. The quantitative estimate of drug-likeness (QED) is 0.628. The molecule has 0 aliphatic heterocycles. The van der Waals surface area contributed by atoms with E-state index >= 15 is 0 Å². The molecule has 0 radical (unpaired) electrons. The number of sulfone groups is 1. The first kappa shape index (κ1) is 14.9. The van der Waals surface area contributed by atoms with Crippen LogP contribution < -0.4 is 5.32 Å². The molecule has 15 heavy (non-hydrogen) atoms. The van der Waals surface area contributed by atoms with E-state index in [4.69, 9.17) is 0 Å². The largest absolute Gasteiger partial charge is 0.318 e. The smallest absolute Gasteiger partial charge is 0.147 e. The van der Waals surface area contributed by atoms with Crippen LogP contribution >= 0.6 is 0 Å². The lowest BCUT2D eigenvalue weighted by Crippen LogP contribution is -2.33. The Bertz CT molecular complexity index is 240. The molecule has 0 heterocycles. The Morgan fingerprint density at radius 1 is 1.20 bits per heavy atom. The van der Waals surface area contributed by atoms with Crippen molar-refractivity contribution in [3.8, 4) is 0 Å². The van der Waals surface area contributed by atoms with E-state index in [1.165, 1.54) is 6.26 Å². The van der Waals surface area contributed by atoms with Crippen molar-refractivity contribution < 1.29 is 8.42 Å². The fourth-order valence-corrected chi connectivity index (χ4v) is 2.13. The highest BCUT2D eigenvalue weighted by molar-refractivity contribution is 7.90. The summed E-state index contributed by atoms with van der Waals surface area (Å²) in [6.07, 6.45) is 3.15. The summed E-state index contributed by atoms with van der Waals surface area (Å²) >= 11 is 0. The van der Waals surface area contributed by atoms with Crippen LogP contribution in [-0.4, -0.2) is 58.6 Å². The van der Waals surface area contributed by atoms with Crippen molar-refractivity contribution in [2.75, 3.05) is 45.2 Å². The number of likely N-dealkylation sites (N-methyl/N-ethyl adjacent to an activating group) is 1. The minimum Gasteiger partial charge on any atom is -0.318 e. The average molecular weight is 236 g/mol. The summed E-state index contributed by atoms with van der Waals surface area (Å²) in [6, 6.07) is 0. The molecule has 0 aromatic heterocycles. The highest BCUT2D eigenvalue weighted by atomic mass is 32.2. The maximum absolute atomic E-state index is 11.0. The van der Waals surface area contributed by atoms with Crippen LogP contribution in [0.25, 0.3) is 0 Å². The molecule has 92 valence electrons. The molecule has 0 unspecified atom stereocenters. The molecule has 0 rings (SSSR count). The van der Waals surface area contributed by atoms with E-state index < -0.39 is 9.84 Å². The van der Waals surface area contributed by atoms with Crippen LogP contribution in [0, 0.1) is 0 Å². The van der Waals surface area contributed by atoms with Crippen LogP contribution in [-0.2, 0) is 9.84 Å². The van der Waals surface area contributed by atoms with E-state index in [-0.39, 0.29) is 0 Å². The van der Waals surface area contributed by atoms with Gasteiger partial charge in [0, 0.05) is 19.3 Å². The number of hydrogen-bond acceptors (Lipinski definition) is 4. The topological polar surface area (TPSA) is 49.4 Å². The molecule has 0 amide bonds. The van der Waals surface area contributed by atoms with E-state index in [2.05, 4.69) is 17.1 Å². The van der Waals surface area contributed by atoms with Gasteiger partial charge in [-0.3, -0.25) is 0 Å². The molecule has 0 aromatic rings. The lowest BCUT2D eigenvalue weighted by Gasteiger charge is -2.21. The fraction of sp³-hybridized carbons (Fsp3) is 1.00. The Kier molecular flexibility index (Phi) is 8.00. The summed E-state index contributed by atoms with van der Waals surface area (Å²) in [5.74, 6) is 0.298. The van der Waals surface area contributed by atoms with Gasteiger partial charge in [0.2, 0.25) is 0 Å². The van der Waals surface area contributed by atoms with Crippen LogP contribution in [0.1, 0.15) is 19.8 Å². The Labute approximate surface area is 94.0 Å². The molecule has 0 saturated heterocycles. The van der Waals surface area contributed by atoms with Crippen molar-refractivity contribution in [1.29, 1.82) is 0 Å². The Hall–Kier alpha value is -0.130. The minimum absolute atomic E-state index is 0.298. The summed E-state index contributed by atoms with van der Waals surface area (Å²) in [5, 5.41) is 3.10. The Morgan fingerprint density at radius 3 is 2.33 bits per heavy atom. The number of nitrogens with one attached hydrogen (secondary N) is 1. The van der Waals surface area contributed by atoms with Gasteiger partial charge in [-0.15, -0.1) is 0 Å². The van der Waals surface area contributed by atoms with Gasteiger partial charge in [0.15, 0.2) is 0 Å². The first-order chi connectivity index (χ1) is 6.99. The molecule has 0 atom stereocenters. The Balaban J connectivity index is 3.74. The van der Waals surface area contributed by atoms with Crippen LogP contribution in [0.5, 0.6) is 0 Å². The molecular weight excluding hydrogens is 212 g/mol. The first-order valence-electron chi connectivity index (χ1n) is 5.54. The molecule has 0 aromatic carbocycles. The fourth-order valence-electron chi connectivity index (χ4n) is 1.47. The highest BCUT2D eigenvalue weighted by Gasteiger charge is 2.06.